The largest absolute Gasteiger partial charge is 0.453 e. The van der Waals surface area contributed by atoms with Gasteiger partial charge in [0.2, 0.25) is 5.91 Å². The molecule has 4 heteroatoms. The second-order valence-corrected chi connectivity index (χ2v) is 9.23. The van der Waals surface area contributed by atoms with Crippen molar-refractivity contribution in [2.75, 3.05) is 0 Å². The number of fused-ring (bicyclic) bond motifs is 1. The van der Waals surface area contributed by atoms with Gasteiger partial charge in [-0.15, -0.1) is 0 Å². The zero-order valence-electron chi connectivity index (χ0n) is 15.6. The standard InChI is InChI=1S/C21H33NO3/c1-20-19(24)25-21(20,13-12-15-8-4-2-5-9-15)17(18(23)22-20)14-16-10-6-3-7-11-16/h15-17H,2-14H2,1H3,(H,22,23). The first kappa shape index (κ1) is 17.4. The van der Waals surface area contributed by atoms with Crippen molar-refractivity contribution in [3.63, 3.8) is 0 Å². The molecule has 4 rings (SSSR count). The number of amides is 1. The molecule has 0 radical (unpaired) electrons. The molecule has 4 fully saturated rings. The molecule has 2 saturated carbocycles. The number of ether oxygens (including phenoxy) is 1. The molecule has 0 spiro atoms. The van der Waals surface area contributed by atoms with Gasteiger partial charge in [-0.25, -0.2) is 4.79 Å². The lowest BCUT2D eigenvalue weighted by atomic mass is 9.65. The summed E-state index contributed by atoms with van der Waals surface area (Å²) in [5.41, 5.74) is -1.35. The number of carbonyl (C=O) groups is 2. The predicted octanol–water partition coefficient (Wildman–Crippen LogP) is 4.12. The molecular formula is C21H33NO3. The van der Waals surface area contributed by atoms with Crippen LogP contribution < -0.4 is 5.32 Å². The first-order valence-electron chi connectivity index (χ1n) is 10.6. The molecule has 140 valence electrons. The molecule has 0 aromatic heterocycles. The van der Waals surface area contributed by atoms with Crippen LogP contribution in [-0.2, 0) is 14.3 Å². The van der Waals surface area contributed by atoms with E-state index in [0.717, 1.165) is 25.2 Å². The molecule has 2 heterocycles. The highest BCUT2D eigenvalue weighted by Crippen LogP contribution is 2.54. The Morgan fingerprint density at radius 3 is 2.16 bits per heavy atom. The van der Waals surface area contributed by atoms with Gasteiger partial charge in [0.1, 0.15) is 0 Å². The highest BCUT2D eigenvalue weighted by molar-refractivity contribution is 6.00. The molecular weight excluding hydrogens is 314 g/mol. The van der Waals surface area contributed by atoms with E-state index in [2.05, 4.69) is 5.32 Å². The molecule has 0 aromatic rings. The van der Waals surface area contributed by atoms with Crippen molar-refractivity contribution in [1.82, 2.24) is 5.32 Å². The van der Waals surface area contributed by atoms with Crippen LogP contribution in [0.15, 0.2) is 0 Å². The zero-order chi connectivity index (χ0) is 17.5. The summed E-state index contributed by atoms with van der Waals surface area (Å²) in [6.07, 6.45) is 15.8. The maximum Gasteiger partial charge on any atom is 0.336 e. The highest BCUT2D eigenvalue weighted by Gasteiger charge is 2.75. The minimum atomic E-state index is -0.780. The Labute approximate surface area is 151 Å². The first-order chi connectivity index (χ1) is 12.1. The van der Waals surface area contributed by atoms with Gasteiger partial charge in [0.15, 0.2) is 11.1 Å². The third kappa shape index (κ3) is 2.80. The second kappa shape index (κ2) is 6.59. The smallest absolute Gasteiger partial charge is 0.336 e. The molecule has 3 atom stereocenters. The van der Waals surface area contributed by atoms with Crippen LogP contribution in [0.1, 0.15) is 90.4 Å². The Hall–Kier alpha value is -1.06. The summed E-state index contributed by atoms with van der Waals surface area (Å²) in [5.74, 6) is 1.07. The normalized spacial score (nSPS) is 39.5. The van der Waals surface area contributed by atoms with Crippen LogP contribution in [0.5, 0.6) is 0 Å². The fourth-order valence-electron chi connectivity index (χ4n) is 6.04. The van der Waals surface area contributed by atoms with E-state index in [1.807, 2.05) is 6.92 Å². The van der Waals surface area contributed by atoms with Gasteiger partial charge in [-0.05, 0) is 38.0 Å². The fraction of sp³-hybridized carbons (Fsp3) is 0.905. The third-order valence-corrected chi connectivity index (χ3v) is 7.72. The van der Waals surface area contributed by atoms with Gasteiger partial charge in [0.05, 0.1) is 5.92 Å². The minimum absolute atomic E-state index is 0.0579. The van der Waals surface area contributed by atoms with Crippen molar-refractivity contribution < 1.29 is 14.3 Å². The molecule has 4 aliphatic rings. The van der Waals surface area contributed by atoms with E-state index >= 15 is 0 Å². The number of hydrogen-bond acceptors (Lipinski definition) is 3. The van der Waals surface area contributed by atoms with Crippen LogP contribution >= 0.6 is 0 Å². The van der Waals surface area contributed by atoms with Gasteiger partial charge < -0.3 is 10.1 Å². The van der Waals surface area contributed by atoms with Gasteiger partial charge in [0.25, 0.3) is 0 Å². The van der Waals surface area contributed by atoms with Crippen LogP contribution in [0.3, 0.4) is 0 Å². The highest BCUT2D eigenvalue weighted by atomic mass is 16.6. The Kier molecular flexibility index (Phi) is 4.57. The van der Waals surface area contributed by atoms with Crippen molar-refractivity contribution in [2.45, 2.75) is 102 Å². The van der Waals surface area contributed by atoms with E-state index in [-0.39, 0.29) is 17.8 Å². The molecule has 0 aromatic carbocycles. The van der Waals surface area contributed by atoms with E-state index in [9.17, 15) is 9.59 Å². The fourth-order valence-corrected chi connectivity index (χ4v) is 6.04. The van der Waals surface area contributed by atoms with E-state index in [0.29, 0.717) is 5.92 Å². The number of rotatable bonds is 5. The lowest BCUT2D eigenvalue weighted by Crippen LogP contribution is -2.73. The van der Waals surface area contributed by atoms with Crippen LogP contribution in [0.25, 0.3) is 0 Å². The zero-order valence-corrected chi connectivity index (χ0v) is 15.6. The van der Waals surface area contributed by atoms with Crippen molar-refractivity contribution in [3.8, 4) is 0 Å². The van der Waals surface area contributed by atoms with E-state index < -0.39 is 11.1 Å². The Morgan fingerprint density at radius 2 is 1.56 bits per heavy atom. The molecule has 2 aliphatic heterocycles. The summed E-state index contributed by atoms with van der Waals surface area (Å²) in [5, 5.41) is 3.03. The minimum Gasteiger partial charge on any atom is -0.453 e. The summed E-state index contributed by atoms with van der Waals surface area (Å²) in [4.78, 5) is 25.0. The van der Waals surface area contributed by atoms with E-state index in [4.69, 9.17) is 4.74 Å². The summed E-state index contributed by atoms with van der Waals surface area (Å²) < 4.78 is 5.85. The van der Waals surface area contributed by atoms with E-state index in [1.54, 1.807) is 0 Å². The Bertz CT molecular complexity index is 535. The lowest BCUT2D eigenvalue weighted by molar-refractivity contribution is -0.225. The quantitative estimate of drug-likeness (QED) is 0.761. The predicted molar refractivity (Wildman–Crippen MR) is 95.9 cm³/mol. The molecule has 1 amide bonds. The van der Waals surface area contributed by atoms with Crippen molar-refractivity contribution in [2.24, 2.45) is 17.8 Å². The summed E-state index contributed by atoms with van der Waals surface area (Å²) in [7, 11) is 0. The van der Waals surface area contributed by atoms with Gasteiger partial charge in [-0.2, -0.15) is 0 Å². The molecule has 0 bridgehead atoms. The summed E-state index contributed by atoms with van der Waals surface area (Å²) in [6.45, 7) is 1.90. The van der Waals surface area contributed by atoms with Crippen LogP contribution in [-0.4, -0.2) is 23.0 Å². The Balaban J connectivity index is 1.49. The average Bonchev–Trinajstić information content (AvgIpc) is 2.80. The molecule has 2 aliphatic carbocycles. The topological polar surface area (TPSA) is 55.4 Å². The molecule has 4 nitrogen and oxygen atoms in total. The number of carbonyl (C=O) groups excluding carboxylic acids is 2. The first-order valence-corrected chi connectivity index (χ1v) is 10.6. The number of hydrogen-bond donors (Lipinski definition) is 1. The molecule has 3 unspecified atom stereocenters. The number of esters is 1. The third-order valence-electron chi connectivity index (χ3n) is 7.72. The number of nitrogens with one attached hydrogen (secondary N) is 1. The monoisotopic (exact) mass is 347 g/mol. The lowest BCUT2D eigenvalue weighted by Gasteiger charge is -2.52. The maximum atomic E-state index is 12.8. The second-order valence-electron chi connectivity index (χ2n) is 9.23. The van der Waals surface area contributed by atoms with Gasteiger partial charge in [-0.1, -0.05) is 64.2 Å². The van der Waals surface area contributed by atoms with Crippen LogP contribution in [0.4, 0.5) is 0 Å². The SMILES string of the molecule is CC12NC(=O)C(CC3CCCCC3)C1(CCC1CCCCC1)OC2=O. The van der Waals surface area contributed by atoms with Gasteiger partial charge in [0, 0.05) is 0 Å². The van der Waals surface area contributed by atoms with E-state index in [1.165, 1.54) is 64.2 Å². The Morgan fingerprint density at radius 1 is 0.960 bits per heavy atom. The van der Waals surface area contributed by atoms with Gasteiger partial charge in [-0.3, -0.25) is 4.79 Å². The van der Waals surface area contributed by atoms with Crippen molar-refractivity contribution in [1.29, 1.82) is 0 Å². The summed E-state index contributed by atoms with van der Waals surface area (Å²) in [6, 6.07) is 0. The maximum absolute atomic E-state index is 12.8. The molecule has 25 heavy (non-hydrogen) atoms. The van der Waals surface area contributed by atoms with Crippen LogP contribution in [0, 0.1) is 17.8 Å². The van der Waals surface area contributed by atoms with Crippen molar-refractivity contribution in [3.05, 3.63) is 0 Å². The summed E-state index contributed by atoms with van der Waals surface area (Å²) >= 11 is 0. The molecule has 2 saturated heterocycles. The average molecular weight is 347 g/mol. The molecule has 1 N–H and O–H groups in total. The van der Waals surface area contributed by atoms with Crippen molar-refractivity contribution >= 4 is 11.9 Å². The van der Waals surface area contributed by atoms with Crippen LogP contribution in [0.2, 0.25) is 0 Å². The van der Waals surface area contributed by atoms with Gasteiger partial charge >= 0.3 is 5.97 Å².